The molecule has 0 N–H and O–H groups in total. The summed E-state index contributed by atoms with van der Waals surface area (Å²) >= 11 is 0. The van der Waals surface area contributed by atoms with E-state index in [2.05, 4.69) is 69.0 Å². The number of benzene rings is 1. The summed E-state index contributed by atoms with van der Waals surface area (Å²) in [4.78, 5) is 18.3. The van der Waals surface area contributed by atoms with Crippen LogP contribution in [0.25, 0.3) is 22.9 Å². The van der Waals surface area contributed by atoms with Crippen molar-refractivity contribution >= 4 is 17.5 Å². The van der Waals surface area contributed by atoms with Crippen molar-refractivity contribution in [2.24, 2.45) is 11.8 Å². The van der Waals surface area contributed by atoms with Crippen LogP contribution in [0.2, 0.25) is 0 Å². The quantitative estimate of drug-likeness (QED) is 0.284. The first-order valence-corrected chi connectivity index (χ1v) is 14.2. The van der Waals surface area contributed by atoms with Crippen LogP contribution >= 0.6 is 0 Å². The van der Waals surface area contributed by atoms with Crippen molar-refractivity contribution in [1.82, 2.24) is 19.4 Å². The van der Waals surface area contributed by atoms with Gasteiger partial charge in [0.05, 0.1) is 5.52 Å². The lowest BCUT2D eigenvalue weighted by Crippen LogP contribution is -2.34. The number of pyridine rings is 1. The van der Waals surface area contributed by atoms with Crippen molar-refractivity contribution in [3.05, 3.63) is 65.9 Å². The van der Waals surface area contributed by atoms with Crippen LogP contribution in [-0.4, -0.2) is 58.0 Å². The van der Waals surface area contributed by atoms with Gasteiger partial charge < -0.3 is 4.90 Å². The van der Waals surface area contributed by atoms with Crippen LogP contribution in [0.15, 0.2) is 54.7 Å². The van der Waals surface area contributed by atoms with E-state index in [1.54, 1.807) is 0 Å². The zero-order valence-corrected chi connectivity index (χ0v) is 23.2. The maximum absolute atomic E-state index is 13.7. The Kier molecular flexibility index (Phi) is 9.56. The van der Waals surface area contributed by atoms with E-state index in [1.165, 1.54) is 32.4 Å². The molecule has 3 aromatic rings. The first-order valence-electron chi connectivity index (χ1n) is 14.2. The summed E-state index contributed by atoms with van der Waals surface area (Å²) in [6.07, 6.45) is 12.4. The van der Waals surface area contributed by atoms with Crippen molar-refractivity contribution in [3.8, 4) is 11.3 Å². The second kappa shape index (κ2) is 13.0. The Labute approximate surface area is 223 Å². The third kappa shape index (κ3) is 7.32. The standard InChI is InChI=1S/C32H44N4O/c1-25(2)15-21-35(22-16-26(3)4)32(37)28-17-23-36-30(24-28)29(14-11-20-34-18-9-6-10-19-34)31(33-36)27-12-7-5-8-13-27/h5,7-8,11-14,17,23-26H,6,9-10,15-16,18-22H2,1-4H3. The van der Waals surface area contributed by atoms with Gasteiger partial charge in [-0.3, -0.25) is 9.69 Å². The van der Waals surface area contributed by atoms with Gasteiger partial charge in [0.2, 0.25) is 0 Å². The zero-order chi connectivity index (χ0) is 26.2. The minimum atomic E-state index is 0.120. The first-order chi connectivity index (χ1) is 17.9. The van der Waals surface area contributed by atoms with Gasteiger partial charge >= 0.3 is 0 Å². The van der Waals surface area contributed by atoms with E-state index < -0.39 is 0 Å². The molecule has 0 saturated carbocycles. The molecule has 5 heteroatoms. The topological polar surface area (TPSA) is 40.9 Å². The molecular formula is C32H44N4O. The van der Waals surface area contributed by atoms with Crippen LogP contribution in [0.1, 0.15) is 75.7 Å². The Balaban J connectivity index is 1.67. The Bertz CT molecular complexity index is 1160. The van der Waals surface area contributed by atoms with Crippen molar-refractivity contribution in [2.75, 3.05) is 32.7 Å². The van der Waals surface area contributed by atoms with Crippen LogP contribution in [0.4, 0.5) is 0 Å². The van der Waals surface area contributed by atoms with Gasteiger partial charge in [0.25, 0.3) is 5.91 Å². The molecule has 1 amide bonds. The summed E-state index contributed by atoms with van der Waals surface area (Å²) in [5.41, 5.74) is 4.84. The fourth-order valence-corrected chi connectivity index (χ4v) is 4.96. The molecule has 1 aromatic carbocycles. The molecule has 3 heterocycles. The summed E-state index contributed by atoms with van der Waals surface area (Å²) in [6, 6.07) is 14.3. The first kappa shape index (κ1) is 27.1. The fourth-order valence-electron chi connectivity index (χ4n) is 4.96. The number of amides is 1. The second-order valence-electron chi connectivity index (χ2n) is 11.3. The van der Waals surface area contributed by atoms with Gasteiger partial charge in [0.1, 0.15) is 5.69 Å². The molecule has 0 aliphatic carbocycles. The lowest BCUT2D eigenvalue weighted by Gasteiger charge is -2.25. The Morgan fingerprint density at radius 2 is 1.65 bits per heavy atom. The third-order valence-electron chi connectivity index (χ3n) is 7.30. The zero-order valence-electron chi connectivity index (χ0n) is 23.2. The number of nitrogens with zero attached hydrogens (tertiary/aromatic N) is 4. The number of rotatable bonds is 11. The number of piperidine rings is 1. The molecule has 1 aliphatic heterocycles. The Morgan fingerprint density at radius 3 is 2.30 bits per heavy atom. The van der Waals surface area contributed by atoms with E-state index in [4.69, 9.17) is 5.10 Å². The monoisotopic (exact) mass is 500 g/mol. The van der Waals surface area contributed by atoms with Gasteiger partial charge in [-0.2, -0.15) is 5.10 Å². The summed E-state index contributed by atoms with van der Waals surface area (Å²) in [6.45, 7) is 13.8. The lowest BCUT2D eigenvalue weighted by molar-refractivity contribution is 0.0741. The van der Waals surface area contributed by atoms with Gasteiger partial charge in [0, 0.05) is 42.5 Å². The molecule has 37 heavy (non-hydrogen) atoms. The molecule has 1 saturated heterocycles. The van der Waals surface area contributed by atoms with E-state index in [0.717, 1.165) is 60.4 Å². The molecule has 0 spiro atoms. The average Bonchev–Trinajstić information content (AvgIpc) is 3.27. The highest BCUT2D eigenvalue weighted by atomic mass is 16.2. The highest BCUT2D eigenvalue weighted by molar-refractivity contribution is 5.96. The number of hydrogen-bond donors (Lipinski definition) is 0. The van der Waals surface area contributed by atoms with E-state index in [-0.39, 0.29) is 5.91 Å². The number of carbonyl (C=O) groups is 1. The van der Waals surface area contributed by atoms with Crippen molar-refractivity contribution in [2.45, 2.75) is 59.8 Å². The number of aromatic nitrogens is 2. The molecule has 0 radical (unpaired) electrons. The Hall–Kier alpha value is -2.92. The third-order valence-corrected chi connectivity index (χ3v) is 7.30. The number of fused-ring (bicyclic) bond motifs is 1. The van der Waals surface area contributed by atoms with Gasteiger partial charge in [-0.05, 0) is 62.7 Å². The van der Waals surface area contributed by atoms with Crippen LogP contribution in [0.5, 0.6) is 0 Å². The molecule has 2 aromatic heterocycles. The van der Waals surface area contributed by atoms with Gasteiger partial charge in [-0.15, -0.1) is 0 Å². The fraction of sp³-hybridized carbons (Fsp3) is 0.500. The van der Waals surface area contributed by atoms with Gasteiger partial charge in [-0.25, -0.2) is 4.52 Å². The molecule has 1 aliphatic rings. The van der Waals surface area contributed by atoms with Crippen LogP contribution in [-0.2, 0) is 0 Å². The van der Waals surface area contributed by atoms with E-state index >= 15 is 0 Å². The predicted octanol–water partition coefficient (Wildman–Crippen LogP) is 7.03. The van der Waals surface area contributed by atoms with E-state index in [9.17, 15) is 4.79 Å². The molecular weight excluding hydrogens is 456 g/mol. The highest BCUT2D eigenvalue weighted by Gasteiger charge is 2.19. The molecule has 0 unspecified atom stereocenters. The van der Waals surface area contributed by atoms with Crippen LogP contribution < -0.4 is 0 Å². The van der Waals surface area contributed by atoms with Crippen LogP contribution in [0, 0.1) is 11.8 Å². The molecule has 0 atom stereocenters. The Morgan fingerprint density at radius 1 is 0.973 bits per heavy atom. The van der Waals surface area contributed by atoms with Crippen molar-refractivity contribution < 1.29 is 4.79 Å². The van der Waals surface area contributed by atoms with E-state index in [0.29, 0.717) is 11.8 Å². The highest BCUT2D eigenvalue weighted by Crippen LogP contribution is 2.28. The van der Waals surface area contributed by atoms with E-state index in [1.807, 2.05) is 33.8 Å². The van der Waals surface area contributed by atoms with Crippen molar-refractivity contribution in [3.63, 3.8) is 0 Å². The van der Waals surface area contributed by atoms with Gasteiger partial charge in [-0.1, -0.05) is 76.6 Å². The minimum absolute atomic E-state index is 0.120. The average molecular weight is 501 g/mol. The maximum Gasteiger partial charge on any atom is 0.253 e. The summed E-state index contributed by atoms with van der Waals surface area (Å²) < 4.78 is 1.92. The summed E-state index contributed by atoms with van der Waals surface area (Å²) in [7, 11) is 0. The predicted molar refractivity (Wildman–Crippen MR) is 155 cm³/mol. The molecule has 5 nitrogen and oxygen atoms in total. The summed E-state index contributed by atoms with van der Waals surface area (Å²) in [5.74, 6) is 1.25. The van der Waals surface area contributed by atoms with Crippen LogP contribution in [0.3, 0.4) is 0 Å². The molecule has 198 valence electrons. The number of carbonyl (C=O) groups excluding carboxylic acids is 1. The number of likely N-dealkylation sites (tertiary alicyclic amines) is 1. The second-order valence-corrected chi connectivity index (χ2v) is 11.3. The molecule has 1 fully saturated rings. The number of hydrogen-bond acceptors (Lipinski definition) is 3. The normalized spacial score (nSPS) is 14.9. The smallest absolute Gasteiger partial charge is 0.253 e. The largest absolute Gasteiger partial charge is 0.339 e. The lowest BCUT2D eigenvalue weighted by atomic mass is 10.0. The minimum Gasteiger partial charge on any atom is -0.339 e. The molecule has 4 rings (SSSR count). The SMILES string of the molecule is CC(C)CCN(CCC(C)C)C(=O)c1ccn2nc(-c3ccccc3)c(C=CCN3CCCCC3)c2c1. The van der Waals surface area contributed by atoms with Crippen molar-refractivity contribution in [1.29, 1.82) is 0 Å². The maximum atomic E-state index is 13.7. The molecule has 0 bridgehead atoms. The summed E-state index contributed by atoms with van der Waals surface area (Å²) in [5, 5.41) is 4.94. The van der Waals surface area contributed by atoms with Gasteiger partial charge in [0.15, 0.2) is 0 Å².